The van der Waals surface area contributed by atoms with Crippen LogP contribution in [0.3, 0.4) is 0 Å². The predicted molar refractivity (Wildman–Crippen MR) is 73.1 cm³/mol. The van der Waals surface area contributed by atoms with Crippen LogP contribution in [0, 0.1) is 0 Å². The highest BCUT2D eigenvalue weighted by molar-refractivity contribution is 7.10. The highest BCUT2D eigenvalue weighted by Crippen LogP contribution is 2.23. The summed E-state index contributed by atoms with van der Waals surface area (Å²) in [7, 11) is 0. The van der Waals surface area contributed by atoms with Gasteiger partial charge in [0.1, 0.15) is 0 Å². The largest absolute Gasteiger partial charge is 0.479 e. The van der Waals surface area contributed by atoms with E-state index in [9.17, 15) is 14.7 Å². The minimum absolute atomic E-state index is 0.243. The molecule has 5 nitrogen and oxygen atoms in total. The van der Waals surface area contributed by atoms with Gasteiger partial charge in [-0.1, -0.05) is 6.07 Å². The second-order valence-electron chi connectivity index (χ2n) is 4.98. The maximum atomic E-state index is 12.3. The van der Waals surface area contributed by atoms with Gasteiger partial charge >= 0.3 is 5.97 Å². The van der Waals surface area contributed by atoms with Crippen LogP contribution in [0.4, 0.5) is 0 Å². The Hall–Kier alpha value is -1.40. The molecule has 2 unspecified atom stereocenters. The molecule has 2 heterocycles. The molecule has 104 valence electrons. The van der Waals surface area contributed by atoms with Gasteiger partial charge in [0.05, 0.1) is 5.54 Å². The zero-order valence-corrected chi connectivity index (χ0v) is 11.6. The second-order valence-corrected chi connectivity index (χ2v) is 5.96. The van der Waals surface area contributed by atoms with Gasteiger partial charge in [0, 0.05) is 4.88 Å². The highest BCUT2D eigenvalue weighted by Gasteiger charge is 2.36. The fourth-order valence-corrected chi connectivity index (χ4v) is 3.02. The molecule has 0 saturated carbocycles. The molecule has 0 spiro atoms. The molecule has 1 amide bonds. The summed E-state index contributed by atoms with van der Waals surface area (Å²) in [4.78, 5) is 24.2. The third kappa shape index (κ3) is 3.13. The fourth-order valence-electron chi connectivity index (χ4n) is 2.25. The molecule has 1 aromatic rings. The van der Waals surface area contributed by atoms with Crippen LogP contribution in [0.25, 0.3) is 0 Å². The number of aliphatic carboxylic acids is 1. The molecule has 0 aliphatic carbocycles. The molecule has 1 fully saturated rings. The maximum absolute atomic E-state index is 12.3. The second kappa shape index (κ2) is 5.71. The van der Waals surface area contributed by atoms with E-state index < -0.39 is 17.6 Å². The Balaban J connectivity index is 2.09. The number of amides is 1. The monoisotopic (exact) mass is 282 g/mol. The lowest BCUT2D eigenvalue weighted by molar-refractivity contribution is -0.143. The van der Waals surface area contributed by atoms with Gasteiger partial charge in [-0.05, 0) is 44.2 Å². The van der Waals surface area contributed by atoms with E-state index in [1.807, 2.05) is 6.92 Å². The minimum Gasteiger partial charge on any atom is -0.479 e. The van der Waals surface area contributed by atoms with Crippen molar-refractivity contribution in [1.82, 2.24) is 10.6 Å². The molecule has 0 radical (unpaired) electrons. The topological polar surface area (TPSA) is 78.4 Å². The summed E-state index contributed by atoms with van der Waals surface area (Å²) in [6, 6.07) is 2.54. The summed E-state index contributed by atoms with van der Waals surface area (Å²) in [6.07, 6.45) is 2.76. The smallest absolute Gasteiger partial charge is 0.331 e. The van der Waals surface area contributed by atoms with Crippen LogP contribution in [0.15, 0.2) is 17.5 Å². The van der Waals surface area contributed by atoms with Gasteiger partial charge in [0.2, 0.25) is 5.91 Å². The van der Waals surface area contributed by atoms with Gasteiger partial charge in [-0.15, -0.1) is 11.3 Å². The first-order valence-corrected chi connectivity index (χ1v) is 7.23. The molecular weight excluding hydrogens is 264 g/mol. The zero-order valence-electron chi connectivity index (χ0n) is 10.8. The first-order valence-electron chi connectivity index (χ1n) is 6.35. The van der Waals surface area contributed by atoms with Gasteiger partial charge in [0.15, 0.2) is 6.04 Å². The third-order valence-electron chi connectivity index (χ3n) is 3.47. The highest BCUT2D eigenvalue weighted by atomic mass is 32.1. The van der Waals surface area contributed by atoms with Crippen LogP contribution in [-0.4, -0.2) is 29.1 Å². The van der Waals surface area contributed by atoms with E-state index in [2.05, 4.69) is 10.6 Å². The van der Waals surface area contributed by atoms with Crippen LogP contribution < -0.4 is 10.6 Å². The van der Waals surface area contributed by atoms with E-state index in [-0.39, 0.29) is 5.91 Å². The summed E-state index contributed by atoms with van der Waals surface area (Å²) in [5, 5.41) is 16.9. The van der Waals surface area contributed by atoms with Gasteiger partial charge in [-0.25, -0.2) is 4.79 Å². The van der Waals surface area contributed by atoms with E-state index in [0.717, 1.165) is 25.8 Å². The van der Waals surface area contributed by atoms with E-state index in [4.69, 9.17) is 0 Å². The summed E-state index contributed by atoms with van der Waals surface area (Å²) < 4.78 is 0. The number of carboxylic acid groups (broad SMARTS) is 1. The molecule has 2 atom stereocenters. The maximum Gasteiger partial charge on any atom is 0.331 e. The van der Waals surface area contributed by atoms with Crippen molar-refractivity contribution in [3.63, 3.8) is 0 Å². The molecule has 1 saturated heterocycles. The molecule has 3 N–H and O–H groups in total. The number of hydrogen-bond donors (Lipinski definition) is 3. The number of piperidine rings is 1. The third-order valence-corrected chi connectivity index (χ3v) is 4.41. The Bertz CT molecular complexity index is 452. The lowest BCUT2D eigenvalue weighted by Crippen LogP contribution is -2.57. The van der Waals surface area contributed by atoms with Crippen molar-refractivity contribution in [3.05, 3.63) is 22.4 Å². The van der Waals surface area contributed by atoms with E-state index in [0.29, 0.717) is 4.88 Å². The number of nitrogens with one attached hydrogen (secondary N) is 2. The van der Waals surface area contributed by atoms with Crippen molar-refractivity contribution in [2.75, 3.05) is 6.54 Å². The Morgan fingerprint density at radius 3 is 2.84 bits per heavy atom. The zero-order chi connectivity index (χ0) is 13.9. The number of rotatable bonds is 4. The Morgan fingerprint density at radius 1 is 1.53 bits per heavy atom. The average molecular weight is 282 g/mol. The van der Waals surface area contributed by atoms with Crippen molar-refractivity contribution in [1.29, 1.82) is 0 Å². The normalized spacial score (nSPS) is 24.7. The standard InChI is InChI=1S/C13H18N2O3S/c1-13(6-2-3-7-14-13)12(18)15-10(11(16)17)9-5-4-8-19-9/h4-5,8,10,14H,2-3,6-7H2,1H3,(H,15,18)(H,16,17). The van der Waals surface area contributed by atoms with Crippen LogP contribution in [0.5, 0.6) is 0 Å². The quantitative estimate of drug-likeness (QED) is 0.782. The van der Waals surface area contributed by atoms with Crippen molar-refractivity contribution in [3.8, 4) is 0 Å². The molecule has 1 aliphatic heterocycles. The van der Waals surface area contributed by atoms with Crippen LogP contribution in [0.1, 0.15) is 37.1 Å². The molecule has 1 aliphatic rings. The van der Waals surface area contributed by atoms with Crippen molar-refractivity contribution < 1.29 is 14.7 Å². The Labute approximate surface area is 116 Å². The number of carboxylic acids is 1. The van der Waals surface area contributed by atoms with Crippen molar-refractivity contribution >= 4 is 23.2 Å². The van der Waals surface area contributed by atoms with E-state index >= 15 is 0 Å². The fraction of sp³-hybridized carbons (Fsp3) is 0.538. The predicted octanol–water partition coefficient (Wildman–Crippen LogP) is 1.52. The van der Waals surface area contributed by atoms with E-state index in [1.54, 1.807) is 17.5 Å². The summed E-state index contributed by atoms with van der Waals surface area (Å²) in [5.41, 5.74) is -0.663. The molecular formula is C13H18N2O3S. The number of carbonyl (C=O) groups is 2. The Kier molecular flexibility index (Phi) is 4.21. The molecule has 1 aromatic heterocycles. The molecule has 2 rings (SSSR count). The number of hydrogen-bond acceptors (Lipinski definition) is 4. The molecule has 0 aromatic carbocycles. The molecule has 19 heavy (non-hydrogen) atoms. The number of carbonyl (C=O) groups excluding carboxylic acids is 1. The lowest BCUT2D eigenvalue weighted by atomic mass is 9.90. The first kappa shape index (κ1) is 14.0. The van der Waals surface area contributed by atoms with Crippen LogP contribution in [0.2, 0.25) is 0 Å². The lowest BCUT2D eigenvalue weighted by Gasteiger charge is -2.34. The van der Waals surface area contributed by atoms with Crippen molar-refractivity contribution in [2.45, 2.75) is 37.8 Å². The van der Waals surface area contributed by atoms with Crippen LogP contribution in [-0.2, 0) is 9.59 Å². The van der Waals surface area contributed by atoms with Gasteiger partial charge < -0.3 is 15.7 Å². The average Bonchev–Trinajstić information content (AvgIpc) is 2.89. The Morgan fingerprint density at radius 2 is 2.32 bits per heavy atom. The van der Waals surface area contributed by atoms with Gasteiger partial charge in [-0.2, -0.15) is 0 Å². The van der Waals surface area contributed by atoms with Crippen LogP contribution >= 0.6 is 11.3 Å². The van der Waals surface area contributed by atoms with Gasteiger partial charge in [-0.3, -0.25) is 4.79 Å². The summed E-state index contributed by atoms with van der Waals surface area (Å²) in [6.45, 7) is 2.62. The van der Waals surface area contributed by atoms with Crippen molar-refractivity contribution in [2.24, 2.45) is 0 Å². The summed E-state index contributed by atoms with van der Waals surface area (Å²) >= 11 is 1.33. The van der Waals surface area contributed by atoms with Gasteiger partial charge in [0.25, 0.3) is 0 Å². The van der Waals surface area contributed by atoms with E-state index in [1.165, 1.54) is 11.3 Å². The molecule has 0 bridgehead atoms. The number of thiophene rings is 1. The summed E-state index contributed by atoms with van der Waals surface area (Å²) in [5.74, 6) is -1.27. The SMILES string of the molecule is CC1(C(=O)NC(C(=O)O)c2cccs2)CCCCN1. The minimum atomic E-state index is -1.03. The first-order chi connectivity index (χ1) is 9.03. The molecule has 6 heteroatoms.